The van der Waals surface area contributed by atoms with Crippen LogP contribution in [0.25, 0.3) is 17.2 Å². The number of rotatable bonds is 8. The third kappa shape index (κ3) is 7.13. The maximum atomic E-state index is 13.1. The first-order chi connectivity index (χ1) is 17.0. The molecule has 3 aromatic carbocycles. The van der Waals surface area contributed by atoms with Crippen molar-refractivity contribution in [1.29, 1.82) is 0 Å². The highest BCUT2D eigenvalue weighted by Crippen LogP contribution is 2.24. The van der Waals surface area contributed by atoms with Gasteiger partial charge in [0.2, 0.25) is 0 Å². The molecule has 186 valence electrons. The van der Waals surface area contributed by atoms with Crippen LogP contribution in [-0.4, -0.2) is 33.7 Å². The molecule has 1 atom stereocenters. The van der Waals surface area contributed by atoms with Gasteiger partial charge in [-0.25, -0.2) is 4.79 Å². The molecule has 0 heterocycles. The normalized spacial score (nSPS) is 12.5. The SMILES string of the molecule is CC(C)(S)C(NC(=O)/C(=C\c1ccc(Cl)c(Cl)c1)NC(=O)c1ccc(-c2ccccc2)cc1)C(=O)O. The molecule has 0 aliphatic heterocycles. The smallest absolute Gasteiger partial charge is 0.327 e. The van der Waals surface area contributed by atoms with Gasteiger partial charge in [-0.3, -0.25) is 9.59 Å². The highest BCUT2D eigenvalue weighted by Gasteiger charge is 2.34. The van der Waals surface area contributed by atoms with Crippen LogP contribution < -0.4 is 10.6 Å². The molecular weight excluding hydrogens is 519 g/mol. The zero-order valence-corrected chi connectivity index (χ0v) is 21.9. The number of amides is 2. The number of hydrogen-bond acceptors (Lipinski definition) is 4. The Labute approximate surface area is 224 Å². The van der Waals surface area contributed by atoms with Gasteiger partial charge in [-0.1, -0.05) is 71.7 Å². The molecule has 0 aliphatic rings. The summed E-state index contributed by atoms with van der Waals surface area (Å²) in [4.78, 5) is 37.9. The highest BCUT2D eigenvalue weighted by atomic mass is 35.5. The van der Waals surface area contributed by atoms with Crippen molar-refractivity contribution < 1.29 is 19.5 Å². The second-order valence-electron chi connectivity index (χ2n) is 8.53. The minimum Gasteiger partial charge on any atom is -0.480 e. The summed E-state index contributed by atoms with van der Waals surface area (Å²) in [5.41, 5.74) is 2.54. The number of carbonyl (C=O) groups is 3. The predicted octanol–water partition coefficient (Wildman–Crippen LogP) is 5.71. The average Bonchev–Trinajstić information content (AvgIpc) is 2.84. The van der Waals surface area contributed by atoms with E-state index in [4.69, 9.17) is 23.2 Å². The number of carboxylic acids is 1. The molecule has 0 saturated carbocycles. The fourth-order valence-corrected chi connectivity index (χ4v) is 3.80. The van der Waals surface area contributed by atoms with Crippen LogP contribution in [0.15, 0.2) is 78.5 Å². The van der Waals surface area contributed by atoms with Gasteiger partial charge in [0.1, 0.15) is 11.7 Å². The number of carbonyl (C=O) groups excluding carboxylic acids is 2. The van der Waals surface area contributed by atoms with Crippen LogP contribution in [0.3, 0.4) is 0 Å². The second kappa shape index (κ2) is 11.6. The van der Waals surface area contributed by atoms with E-state index in [9.17, 15) is 19.5 Å². The van der Waals surface area contributed by atoms with E-state index in [2.05, 4.69) is 23.3 Å². The van der Waals surface area contributed by atoms with E-state index in [1.165, 1.54) is 12.1 Å². The molecular formula is C27H24Cl2N2O4S. The summed E-state index contributed by atoms with van der Waals surface area (Å²) in [7, 11) is 0. The van der Waals surface area contributed by atoms with Crippen molar-refractivity contribution in [1.82, 2.24) is 10.6 Å². The zero-order chi connectivity index (χ0) is 26.5. The molecule has 0 fully saturated rings. The molecule has 0 bridgehead atoms. The van der Waals surface area contributed by atoms with Crippen molar-refractivity contribution in [3.8, 4) is 11.1 Å². The lowest BCUT2D eigenvalue weighted by Gasteiger charge is -2.27. The molecule has 0 saturated heterocycles. The minimum absolute atomic E-state index is 0.172. The topological polar surface area (TPSA) is 95.5 Å². The van der Waals surface area contributed by atoms with Gasteiger partial charge in [-0.05, 0) is 60.9 Å². The van der Waals surface area contributed by atoms with Crippen LogP contribution in [0.4, 0.5) is 0 Å². The van der Waals surface area contributed by atoms with Crippen LogP contribution in [0.1, 0.15) is 29.8 Å². The summed E-state index contributed by atoms with van der Waals surface area (Å²) < 4.78 is -1.08. The lowest BCUT2D eigenvalue weighted by atomic mass is 10.0. The van der Waals surface area contributed by atoms with Crippen LogP contribution in [0, 0.1) is 0 Å². The summed E-state index contributed by atoms with van der Waals surface area (Å²) in [6, 6.07) is 19.9. The third-order valence-electron chi connectivity index (χ3n) is 5.23. The van der Waals surface area contributed by atoms with Gasteiger partial charge in [0.15, 0.2) is 0 Å². The first-order valence-electron chi connectivity index (χ1n) is 10.9. The van der Waals surface area contributed by atoms with Gasteiger partial charge in [-0.15, -0.1) is 0 Å². The zero-order valence-electron chi connectivity index (χ0n) is 19.5. The Morgan fingerprint density at radius 3 is 2.08 bits per heavy atom. The van der Waals surface area contributed by atoms with Gasteiger partial charge in [0.05, 0.1) is 10.0 Å². The highest BCUT2D eigenvalue weighted by molar-refractivity contribution is 7.81. The number of benzene rings is 3. The predicted molar refractivity (Wildman–Crippen MR) is 146 cm³/mol. The number of aliphatic carboxylic acids is 1. The van der Waals surface area contributed by atoms with Crippen LogP contribution in [0.2, 0.25) is 10.0 Å². The number of hydrogen-bond donors (Lipinski definition) is 4. The Morgan fingerprint density at radius 2 is 1.53 bits per heavy atom. The second-order valence-corrected chi connectivity index (χ2v) is 10.5. The van der Waals surface area contributed by atoms with E-state index in [1.54, 1.807) is 50.2 Å². The van der Waals surface area contributed by atoms with Crippen molar-refractivity contribution in [3.63, 3.8) is 0 Å². The first kappa shape index (κ1) is 27.3. The van der Waals surface area contributed by atoms with Crippen LogP contribution in [0.5, 0.6) is 0 Å². The van der Waals surface area contributed by atoms with Crippen molar-refractivity contribution >= 4 is 59.7 Å². The molecule has 1 unspecified atom stereocenters. The fraction of sp³-hybridized carbons (Fsp3) is 0.148. The van der Waals surface area contributed by atoms with Gasteiger partial charge in [0.25, 0.3) is 11.8 Å². The maximum Gasteiger partial charge on any atom is 0.327 e. The standard InChI is InChI=1S/C27H24Cl2N2O4S/c1-27(2,36)23(26(34)35)31-25(33)22(15-16-8-13-20(28)21(29)14-16)30-24(32)19-11-9-18(10-12-19)17-6-4-3-5-7-17/h3-15,23,36H,1-2H3,(H,30,32)(H,31,33)(H,34,35)/b22-15+. The lowest BCUT2D eigenvalue weighted by molar-refractivity contribution is -0.142. The summed E-state index contributed by atoms with van der Waals surface area (Å²) in [6.45, 7) is 3.12. The maximum absolute atomic E-state index is 13.1. The lowest BCUT2D eigenvalue weighted by Crippen LogP contribution is -2.53. The van der Waals surface area contributed by atoms with Crippen molar-refractivity contribution in [2.75, 3.05) is 0 Å². The third-order valence-corrected chi connectivity index (χ3v) is 6.23. The molecule has 2 amide bonds. The van der Waals surface area contributed by atoms with E-state index in [1.807, 2.05) is 30.3 Å². The molecule has 3 aromatic rings. The van der Waals surface area contributed by atoms with Crippen molar-refractivity contribution in [2.24, 2.45) is 0 Å². The Morgan fingerprint density at radius 1 is 0.917 bits per heavy atom. The molecule has 36 heavy (non-hydrogen) atoms. The largest absolute Gasteiger partial charge is 0.480 e. The van der Waals surface area contributed by atoms with E-state index < -0.39 is 28.6 Å². The number of halogens is 2. The van der Waals surface area contributed by atoms with Crippen molar-refractivity contribution in [2.45, 2.75) is 24.6 Å². The summed E-state index contributed by atoms with van der Waals surface area (Å²) in [5, 5.41) is 15.2. The first-order valence-corrected chi connectivity index (χ1v) is 12.1. The van der Waals surface area contributed by atoms with E-state index in [-0.39, 0.29) is 10.7 Å². The van der Waals surface area contributed by atoms with E-state index >= 15 is 0 Å². The van der Waals surface area contributed by atoms with Gasteiger partial charge >= 0.3 is 5.97 Å². The number of nitrogens with one attached hydrogen (secondary N) is 2. The molecule has 0 spiro atoms. The molecule has 0 aromatic heterocycles. The number of thiol groups is 1. The van der Waals surface area contributed by atoms with E-state index in [0.29, 0.717) is 16.1 Å². The molecule has 6 nitrogen and oxygen atoms in total. The van der Waals surface area contributed by atoms with Gasteiger partial charge in [0, 0.05) is 10.3 Å². The van der Waals surface area contributed by atoms with Gasteiger partial charge < -0.3 is 15.7 Å². The Kier molecular flexibility index (Phi) is 8.84. The Hall–Kier alpha value is -3.26. The molecule has 9 heteroatoms. The quantitative estimate of drug-likeness (QED) is 0.216. The summed E-state index contributed by atoms with van der Waals surface area (Å²) >= 11 is 16.4. The van der Waals surface area contributed by atoms with Crippen molar-refractivity contribution in [3.05, 3.63) is 99.7 Å². The van der Waals surface area contributed by atoms with Crippen LogP contribution >= 0.6 is 35.8 Å². The molecule has 3 N–H and O–H groups in total. The van der Waals surface area contributed by atoms with Crippen LogP contribution in [-0.2, 0) is 9.59 Å². The Bertz CT molecular complexity index is 1300. The monoisotopic (exact) mass is 542 g/mol. The summed E-state index contributed by atoms with van der Waals surface area (Å²) in [5.74, 6) is -2.61. The fourth-order valence-electron chi connectivity index (χ4n) is 3.32. The number of carboxylic acid groups (broad SMARTS) is 1. The average molecular weight is 543 g/mol. The Balaban J connectivity index is 1.90. The molecule has 3 rings (SSSR count). The summed E-state index contributed by atoms with van der Waals surface area (Å²) in [6.07, 6.45) is 1.39. The minimum atomic E-state index is -1.33. The molecule has 0 aliphatic carbocycles. The molecule has 0 radical (unpaired) electrons. The van der Waals surface area contributed by atoms with Gasteiger partial charge in [-0.2, -0.15) is 12.6 Å². The van der Waals surface area contributed by atoms with E-state index in [0.717, 1.165) is 11.1 Å².